The first-order valence-electron chi connectivity index (χ1n) is 7.94. The van der Waals surface area contributed by atoms with Crippen molar-refractivity contribution in [1.82, 2.24) is 10.2 Å². The minimum absolute atomic E-state index is 0. The van der Waals surface area contributed by atoms with Crippen molar-refractivity contribution in [2.45, 2.75) is 31.4 Å². The molecule has 1 aromatic rings. The third-order valence-electron chi connectivity index (χ3n) is 4.00. The zero-order valence-corrected chi connectivity index (χ0v) is 14.5. The Morgan fingerprint density at radius 2 is 1.76 bits per heavy atom. The van der Waals surface area contributed by atoms with Gasteiger partial charge in [-0.05, 0) is 30.5 Å². The number of hydrogen-bond acceptors (Lipinski definition) is 4. The average molecular weight is 387 g/mol. The molecule has 1 aliphatic heterocycles. The zero-order valence-electron chi connectivity index (χ0n) is 13.6. The first-order valence-corrected chi connectivity index (χ1v) is 7.94. The highest BCUT2D eigenvalue weighted by Crippen LogP contribution is 2.31. The SMILES string of the molecule is Cl.OCCC[C@@H](c1ccc(OC(F)(F)C(F)F)cc1)N1CCNCC1. The molecule has 1 aromatic carbocycles. The number of alkyl halides is 4. The summed E-state index contributed by atoms with van der Waals surface area (Å²) in [5, 5.41) is 12.3. The highest BCUT2D eigenvalue weighted by Gasteiger charge is 2.43. The van der Waals surface area contributed by atoms with E-state index in [1.165, 1.54) is 12.1 Å². The van der Waals surface area contributed by atoms with Crippen LogP contribution in [0.2, 0.25) is 0 Å². The molecule has 2 N–H and O–H groups in total. The van der Waals surface area contributed by atoms with Crippen LogP contribution in [0.1, 0.15) is 24.4 Å². The van der Waals surface area contributed by atoms with E-state index in [0.29, 0.717) is 6.42 Å². The van der Waals surface area contributed by atoms with Gasteiger partial charge in [0.1, 0.15) is 5.75 Å². The lowest BCUT2D eigenvalue weighted by molar-refractivity contribution is -0.253. The maximum Gasteiger partial charge on any atom is 0.461 e. The molecule has 0 aromatic heterocycles. The molecule has 1 heterocycles. The van der Waals surface area contributed by atoms with Crippen molar-refractivity contribution in [2.24, 2.45) is 0 Å². The molecule has 1 atom stereocenters. The van der Waals surface area contributed by atoms with Gasteiger partial charge in [0.15, 0.2) is 0 Å². The number of benzene rings is 1. The number of ether oxygens (including phenoxy) is 1. The van der Waals surface area contributed by atoms with Crippen LogP contribution >= 0.6 is 12.4 Å². The lowest BCUT2D eigenvalue weighted by atomic mass is 9.99. The van der Waals surface area contributed by atoms with E-state index in [1.807, 2.05) is 0 Å². The van der Waals surface area contributed by atoms with E-state index in [4.69, 9.17) is 5.11 Å². The summed E-state index contributed by atoms with van der Waals surface area (Å²) in [6.07, 6.45) is -7.04. The molecule has 0 amide bonds. The van der Waals surface area contributed by atoms with Crippen molar-refractivity contribution < 1.29 is 27.4 Å². The molecule has 9 heteroatoms. The van der Waals surface area contributed by atoms with E-state index in [-0.39, 0.29) is 30.8 Å². The minimum Gasteiger partial charge on any atom is -0.428 e. The van der Waals surface area contributed by atoms with Gasteiger partial charge in [0.25, 0.3) is 0 Å². The molecular weight excluding hydrogens is 364 g/mol. The monoisotopic (exact) mass is 386 g/mol. The fourth-order valence-electron chi connectivity index (χ4n) is 2.80. The number of hydrogen-bond donors (Lipinski definition) is 2. The van der Waals surface area contributed by atoms with Crippen LogP contribution in [0.3, 0.4) is 0 Å². The number of nitrogens with one attached hydrogen (secondary N) is 1. The predicted octanol–water partition coefficient (Wildman–Crippen LogP) is 3.06. The van der Waals surface area contributed by atoms with E-state index >= 15 is 0 Å². The van der Waals surface area contributed by atoms with Gasteiger partial charge in [-0.2, -0.15) is 17.6 Å². The molecule has 25 heavy (non-hydrogen) atoms. The van der Waals surface area contributed by atoms with Gasteiger partial charge in [-0.3, -0.25) is 4.90 Å². The van der Waals surface area contributed by atoms with E-state index in [2.05, 4.69) is 15.0 Å². The lowest BCUT2D eigenvalue weighted by Gasteiger charge is -2.35. The van der Waals surface area contributed by atoms with Gasteiger partial charge in [0.05, 0.1) is 0 Å². The smallest absolute Gasteiger partial charge is 0.428 e. The second-order valence-corrected chi connectivity index (χ2v) is 5.70. The van der Waals surface area contributed by atoms with Crippen molar-refractivity contribution in [2.75, 3.05) is 32.8 Å². The van der Waals surface area contributed by atoms with Crippen molar-refractivity contribution in [3.05, 3.63) is 29.8 Å². The van der Waals surface area contributed by atoms with Crippen molar-refractivity contribution in [3.8, 4) is 5.75 Å². The van der Waals surface area contributed by atoms with Gasteiger partial charge < -0.3 is 15.2 Å². The van der Waals surface area contributed by atoms with Crippen LogP contribution < -0.4 is 10.1 Å². The van der Waals surface area contributed by atoms with Crippen molar-refractivity contribution in [1.29, 1.82) is 0 Å². The molecule has 0 aliphatic carbocycles. The van der Waals surface area contributed by atoms with Crippen molar-refractivity contribution >= 4 is 12.4 Å². The molecule has 144 valence electrons. The second kappa shape index (κ2) is 10.2. The number of rotatable bonds is 8. The Balaban J connectivity index is 0.00000312. The number of aliphatic hydroxyl groups is 1. The average Bonchev–Trinajstić information content (AvgIpc) is 2.57. The molecule has 0 spiro atoms. The zero-order chi connectivity index (χ0) is 17.6. The normalized spacial score (nSPS) is 17.2. The number of piperazine rings is 1. The van der Waals surface area contributed by atoms with Crippen LogP contribution in [-0.2, 0) is 0 Å². The van der Waals surface area contributed by atoms with Gasteiger partial charge in [-0.1, -0.05) is 12.1 Å². The van der Waals surface area contributed by atoms with E-state index in [9.17, 15) is 17.6 Å². The molecule has 1 aliphatic rings. The maximum atomic E-state index is 12.9. The van der Waals surface area contributed by atoms with Gasteiger partial charge in [0.2, 0.25) is 0 Å². The van der Waals surface area contributed by atoms with Crippen LogP contribution in [0.15, 0.2) is 24.3 Å². The first kappa shape index (κ1) is 22.0. The molecule has 0 unspecified atom stereocenters. The molecule has 1 fully saturated rings. The summed E-state index contributed by atoms with van der Waals surface area (Å²) in [6.45, 7) is 3.48. The Labute approximate surface area is 150 Å². The largest absolute Gasteiger partial charge is 0.461 e. The highest BCUT2D eigenvalue weighted by atomic mass is 35.5. The summed E-state index contributed by atoms with van der Waals surface area (Å²) in [5.41, 5.74) is 0.887. The van der Waals surface area contributed by atoms with Crippen LogP contribution in [0, 0.1) is 0 Å². The van der Waals surface area contributed by atoms with E-state index in [0.717, 1.165) is 38.2 Å². The number of aliphatic hydroxyl groups excluding tert-OH is 1. The van der Waals surface area contributed by atoms with Gasteiger partial charge in [-0.15, -0.1) is 12.4 Å². The maximum absolute atomic E-state index is 12.9. The highest BCUT2D eigenvalue weighted by molar-refractivity contribution is 5.85. The van der Waals surface area contributed by atoms with E-state index < -0.39 is 12.5 Å². The summed E-state index contributed by atoms with van der Waals surface area (Å²) in [6, 6.07) is 5.82. The number of nitrogens with zero attached hydrogens (tertiary/aromatic N) is 1. The third-order valence-corrected chi connectivity index (χ3v) is 4.00. The Kier molecular flexibility index (Phi) is 8.92. The second-order valence-electron chi connectivity index (χ2n) is 5.70. The molecular formula is C16H23ClF4N2O2. The Morgan fingerprint density at radius 3 is 2.28 bits per heavy atom. The Hall–Kier alpha value is -1.09. The number of halogens is 5. The molecule has 2 rings (SSSR count). The van der Waals surface area contributed by atoms with Gasteiger partial charge in [-0.25, -0.2) is 0 Å². The molecule has 4 nitrogen and oxygen atoms in total. The Bertz CT molecular complexity index is 499. The molecule has 0 radical (unpaired) electrons. The third kappa shape index (κ3) is 6.29. The lowest BCUT2D eigenvalue weighted by Crippen LogP contribution is -2.45. The predicted molar refractivity (Wildman–Crippen MR) is 88.8 cm³/mol. The molecule has 0 saturated carbocycles. The van der Waals surface area contributed by atoms with Crippen LogP contribution in [0.4, 0.5) is 17.6 Å². The fraction of sp³-hybridized carbons (Fsp3) is 0.625. The van der Waals surface area contributed by atoms with E-state index in [1.54, 1.807) is 12.1 Å². The van der Waals surface area contributed by atoms with Crippen LogP contribution in [0.25, 0.3) is 0 Å². The van der Waals surface area contributed by atoms with Gasteiger partial charge in [0, 0.05) is 38.8 Å². The van der Waals surface area contributed by atoms with Gasteiger partial charge >= 0.3 is 12.5 Å². The minimum atomic E-state index is -4.50. The molecule has 0 bridgehead atoms. The summed E-state index contributed by atoms with van der Waals surface area (Å²) >= 11 is 0. The van der Waals surface area contributed by atoms with Crippen molar-refractivity contribution in [3.63, 3.8) is 0 Å². The summed E-state index contributed by atoms with van der Waals surface area (Å²) in [5.74, 6) is -0.301. The quantitative estimate of drug-likeness (QED) is 0.674. The topological polar surface area (TPSA) is 44.7 Å². The van der Waals surface area contributed by atoms with Crippen LogP contribution in [0.5, 0.6) is 5.75 Å². The fourth-order valence-corrected chi connectivity index (χ4v) is 2.80. The Morgan fingerprint density at radius 1 is 1.16 bits per heavy atom. The van der Waals surface area contributed by atoms with Crippen LogP contribution in [-0.4, -0.2) is 55.3 Å². The first-order chi connectivity index (χ1) is 11.4. The summed E-state index contributed by atoms with van der Waals surface area (Å²) < 4.78 is 54.3. The standard InChI is InChI=1S/C16H22F4N2O2.ClH/c17-15(18)16(19,20)24-13-5-3-12(4-6-13)14(2-1-11-23)22-9-7-21-8-10-22;/h3-6,14-15,21,23H,1-2,7-11H2;1H/t14-;/m0./s1. The summed E-state index contributed by atoms with van der Waals surface area (Å²) in [7, 11) is 0. The summed E-state index contributed by atoms with van der Waals surface area (Å²) in [4.78, 5) is 2.26. The molecule has 1 saturated heterocycles.